The summed E-state index contributed by atoms with van der Waals surface area (Å²) >= 11 is 0. The van der Waals surface area contributed by atoms with E-state index in [1.165, 1.54) is 25.8 Å². The van der Waals surface area contributed by atoms with Gasteiger partial charge in [0.1, 0.15) is 11.4 Å². The molecule has 1 N–H and O–H groups in total. The summed E-state index contributed by atoms with van der Waals surface area (Å²) in [6.45, 7) is 5.88. The Morgan fingerprint density at radius 2 is 2.15 bits per heavy atom. The molecule has 108 valence electrons. The molecule has 0 radical (unpaired) electrons. The van der Waals surface area contributed by atoms with Crippen molar-refractivity contribution in [2.45, 2.75) is 32.2 Å². The van der Waals surface area contributed by atoms with Crippen LogP contribution in [0.15, 0.2) is 12.1 Å². The molecular formula is C15H21N3O2. The Balaban J connectivity index is 1.85. The van der Waals surface area contributed by atoms with Crippen LogP contribution in [0.4, 0.5) is 5.82 Å². The van der Waals surface area contributed by atoms with Gasteiger partial charge in [-0.2, -0.15) is 0 Å². The predicted molar refractivity (Wildman–Crippen MR) is 77.4 cm³/mol. The molecule has 3 rings (SSSR count). The summed E-state index contributed by atoms with van der Waals surface area (Å²) in [6, 6.07) is 4.00. The Morgan fingerprint density at radius 3 is 2.95 bits per heavy atom. The van der Waals surface area contributed by atoms with E-state index < -0.39 is 5.97 Å². The number of carboxylic acids is 1. The minimum Gasteiger partial charge on any atom is -0.478 e. The average Bonchev–Trinajstić information content (AvgIpc) is 2.46. The van der Waals surface area contributed by atoms with E-state index in [0.29, 0.717) is 17.4 Å². The molecule has 2 saturated heterocycles. The van der Waals surface area contributed by atoms with E-state index in [0.717, 1.165) is 25.3 Å². The molecule has 5 nitrogen and oxygen atoms in total. The Hall–Kier alpha value is -1.62. The second-order valence-electron chi connectivity index (χ2n) is 5.76. The van der Waals surface area contributed by atoms with Crippen molar-refractivity contribution in [1.29, 1.82) is 0 Å². The lowest BCUT2D eigenvalue weighted by molar-refractivity contribution is 0.0696. The third-order valence-electron chi connectivity index (χ3n) is 4.38. The van der Waals surface area contributed by atoms with Gasteiger partial charge >= 0.3 is 5.97 Å². The highest BCUT2D eigenvalue weighted by Gasteiger charge is 2.31. The van der Waals surface area contributed by atoms with Crippen molar-refractivity contribution in [3.05, 3.63) is 23.4 Å². The number of fused-ring (bicyclic) bond motifs is 1. The zero-order valence-corrected chi connectivity index (χ0v) is 11.9. The number of piperidine rings is 1. The van der Waals surface area contributed by atoms with Gasteiger partial charge in [0, 0.05) is 31.4 Å². The van der Waals surface area contributed by atoms with Crippen molar-refractivity contribution >= 4 is 11.8 Å². The summed E-state index contributed by atoms with van der Waals surface area (Å²) < 4.78 is 0. The molecule has 1 aromatic rings. The molecular weight excluding hydrogens is 254 g/mol. The Morgan fingerprint density at radius 1 is 1.30 bits per heavy atom. The first-order valence-corrected chi connectivity index (χ1v) is 7.35. The van der Waals surface area contributed by atoms with E-state index in [1.54, 1.807) is 12.1 Å². The number of aryl methyl sites for hydroxylation is 1. The summed E-state index contributed by atoms with van der Waals surface area (Å²) in [5.74, 6) is -0.249. The molecule has 1 unspecified atom stereocenters. The minimum absolute atomic E-state index is 0.319. The van der Waals surface area contributed by atoms with Crippen molar-refractivity contribution in [2.75, 3.05) is 31.1 Å². The summed E-state index contributed by atoms with van der Waals surface area (Å²) in [5, 5.41) is 9.34. The highest BCUT2D eigenvalue weighted by atomic mass is 16.4. The zero-order valence-electron chi connectivity index (χ0n) is 11.9. The van der Waals surface area contributed by atoms with Crippen LogP contribution in [-0.2, 0) is 0 Å². The number of hydrogen-bond donors (Lipinski definition) is 1. The molecule has 0 aromatic carbocycles. The lowest BCUT2D eigenvalue weighted by atomic mass is 9.99. The van der Waals surface area contributed by atoms with Crippen LogP contribution in [0.1, 0.15) is 35.3 Å². The summed E-state index contributed by atoms with van der Waals surface area (Å²) in [4.78, 5) is 20.6. The van der Waals surface area contributed by atoms with Gasteiger partial charge in [-0.25, -0.2) is 9.78 Å². The molecule has 0 bridgehead atoms. The van der Waals surface area contributed by atoms with Crippen molar-refractivity contribution in [1.82, 2.24) is 9.88 Å². The highest BCUT2D eigenvalue weighted by Crippen LogP contribution is 2.26. The SMILES string of the molecule is Cc1ccc(C(=O)O)c(N2CCN3CCCCC3C2)n1. The normalized spacial score (nSPS) is 23.4. The first kappa shape index (κ1) is 13.4. The molecule has 0 spiro atoms. The first-order chi connectivity index (χ1) is 9.65. The Labute approximate surface area is 119 Å². The third kappa shape index (κ3) is 2.50. The van der Waals surface area contributed by atoms with E-state index in [4.69, 9.17) is 0 Å². The van der Waals surface area contributed by atoms with Crippen LogP contribution in [0.3, 0.4) is 0 Å². The van der Waals surface area contributed by atoms with Crippen LogP contribution in [0, 0.1) is 6.92 Å². The fourth-order valence-corrected chi connectivity index (χ4v) is 3.30. The number of carbonyl (C=O) groups is 1. The van der Waals surface area contributed by atoms with Crippen molar-refractivity contribution < 1.29 is 9.90 Å². The van der Waals surface area contributed by atoms with Gasteiger partial charge < -0.3 is 10.0 Å². The molecule has 20 heavy (non-hydrogen) atoms. The number of aromatic carboxylic acids is 1. The number of aromatic nitrogens is 1. The number of rotatable bonds is 2. The predicted octanol–water partition coefficient (Wildman–Crippen LogP) is 1.76. The van der Waals surface area contributed by atoms with Gasteiger partial charge in [-0.05, 0) is 38.4 Å². The van der Waals surface area contributed by atoms with E-state index >= 15 is 0 Å². The summed E-state index contributed by atoms with van der Waals surface area (Å²) in [7, 11) is 0. The maximum atomic E-state index is 11.4. The zero-order chi connectivity index (χ0) is 14.1. The number of anilines is 1. The molecule has 0 amide bonds. The molecule has 3 heterocycles. The van der Waals surface area contributed by atoms with E-state index in [2.05, 4.69) is 14.8 Å². The van der Waals surface area contributed by atoms with Crippen molar-refractivity contribution in [3.63, 3.8) is 0 Å². The molecule has 0 aliphatic carbocycles. The van der Waals surface area contributed by atoms with E-state index in [1.807, 2.05) is 6.92 Å². The fourth-order valence-electron chi connectivity index (χ4n) is 3.30. The van der Waals surface area contributed by atoms with Crippen LogP contribution < -0.4 is 4.90 Å². The largest absolute Gasteiger partial charge is 0.478 e. The van der Waals surface area contributed by atoms with Crippen LogP contribution in [0.25, 0.3) is 0 Å². The summed E-state index contributed by atoms with van der Waals surface area (Å²) in [6.07, 6.45) is 3.78. The molecule has 0 saturated carbocycles. The molecule has 1 aromatic heterocycles. The molecule has 2 aliphatic rings. The van der Waals surface area contributed by atoms with Crippen LogP contribution >= 0.6 is 0 Å². The second-order valence-corrected chi connectivity index (χ2v) is 5.76. The van der Waals surface area contributed by atoms with Gasteiger partial charge in [-0.15, -0.1) is 0 Å². The maximum Gasteiger partial charge on any atom is 0.339 e. The van der Waals surface area contributed by atoms with E-state index in [-0.39, 0.29) is 0 Å². The van der Waals surface area contributed by atoms with E-state index in [9.17, 15) is 9.90 Å². The summed E-state index contributed by atoms with van der Waals surface area (Å²) in [5.41, 5.74) is 1.19. The Kier molecular flexibility index (Phi) is 3.61. The third-order valence-corrected chi connectivity index (χ3v) is 4.38. The monoisotopic (exact) mass is 275 g/mol. The van der Waals surface area contributed by atoms with Gasteiger partial charge in [0.25, 0.3) is 0 Å². The Bertz CT molecular complexity index is 518. The maximum absolute atomic E-state index is 11.4. The van der Waals surface area contributed by atoms with Gasteiger partial charge in [-0.1, -0.05) is 6.42 Å². The van der Waals surface area contributed by atoms with Crippen molar-refractivity contribution in [3.8, 4) is 0 Å². The lowest BCUT2D eigenvalue weighted by Gasteiger charge is -2.44. The van der Waals surface area contributed by atoms with Gasteiger partial charge in [0.05, 0.1) is 0 Å². The highest BCUT2D eigenvalue weighted by molar-refractivity contribution is 5.93. The second kappa shape index (κ2) is 5.40. The fraction of sp³-hybridized carbons (Fsp3) is 0.600. The number of hydrogen-bond acceptors (Lipinski definition) is 4. The smallest absolute Gasteiger partial charge is 0.339 e. The molecule has 2 aliphatic heterocycles. The number of nitrogens with zero attached hydrogens (tertiary/aromatic N) is 3. The minimum atomic E-state index is -0.890. The van der Waals surface area contributed by atoms with Crippen molar-refractivity contribution in [2.24, 2.45) is 0 Å². The number of pyridine rings is 1. The number of piperazine rings is 1. The van der Waals surface area contributed by atoms with Crippen LogP contribution in [0.5, 0.6) is 0 Å². The van der Waals surface area contributed by atoms with Crippen LogP contribution in [0.2, 0.25) is 0 Å². The quantitative estimate of drug-likeness (QED) is 0.891. The average molecular weight is 275 g/mol. The molecule has 2 fully saturated rings. The molecule has 5 heteroatoms. The van der Waals surface area contributed by atoms with Crippen LogP contribution in [-0.4, -0.2) is 53.2 Å². The first-order valence-electron chi connectivity index (χ1n) is 7.35. The number of carboxylic acid groups (broad SMARTS) is 1. The van der Waals surface area contributed by atoms with Gasteiger partial charge in [0.2, 0.25) is 0 Å². The topological polar surface area (TPSA) is 56.7 Å². The van der Waals surface area contributed by atoms with Gasteiger partial charge in [0.15, 0.2) is 0 Å². The standard InChI is InChI=1S/C15H21N3O2/c1-11-5-6-13(15(19)20)14(16-11)18-9-8-17-7-3-2-4-12(17)10-18/h5-6,12H,2-4,7-10H2,1H3,(H,19,20). The lowest BCUT2D eigenvalue weighted by Crippen LogP contribution is -2.55. The van der Waals surface area contributed by atoms with Gasteiger partial charge in [-0.3, -0.25) is 4.90 Å². The molecule has 1 atom stereocenters.